The highest BCUT2D eigenvalue weighted by atomic mass is 16.5. The van der Waals surface area contributed by atoms with E-state index in [0.717, 1.165) is 46.5 Å². The van der Waals surface area contributed by atoms with Gasteiger partial charge in [-0.2, -0.15) is 0 Å². The van der Waals surface area contributed by atoms with Gasteiger partial charge in [-0.1, -0.05) is 66.7 Å². The molecule has 0 spiro atoms. The van der Waals surface area contributed by atoms with Gasteiger partial charge in [-0.25, -0.2) is 0 Å². The number of aryl methyl sites for hydroxylation is 1. The second-order valence-electron chi connectivity index (χ2n) is 11.4. The minimum Gasteiger partial charge on any atom is -0.496 e. The molecule has 1 aliphatic carbocycles. The molecule has 6 nitrogen and oxygen atoms in total. The van der Waals surface area contributed by atoms with Gasteiger partial charge in [0.2, 0.25) is 0 Å². The lowest BCUT2D eigenvalue weighted by Crippen LogP contribution is -2.36. The molecule has 0 unspecified atom stereocenters. The van der Waals surface area contributed by atoms with Crippen LogP contribution in [0.15, 0.2) is 103 Å². The predicted octanol–water partition coefficient (Wildman–Crippen LogP) is 6.58. The molecule has 0 atom stereocenters. The summed E-state index contributed by atoms with van der Waals surface area (Å²) in [7, 11) is 1.64. The van der Waals surface area contributed by atoms with Crippen molar-refractivity contribution in [1.29, 1.82) is 0 Å². The number of aromatic nitrogens is 1. The van der Waals surface area contributed by atoms with Crippen molar-refractivity contribution in [3.63, 3.8) is 0 Å². The fraction of sp³-hybridized carbons (Fsp3) is 0.189. The lowest BCUT2D eigenvalue weighted by molar-refractivity contribution is 0.0929. The molecule has 5 aromatic rings. The maximum absolute atomic E-state index is 14.2. The molecule has 0 bridgehead atoms. The number of carbonyl (C=O) groups is 2. The number of fused-ring (bicyclic) bond motifs is 3. The number of amides is 2. The van der Waals surface area contributed by atoms with Crippen molar-refractivity contribution in [1.82, 2.24) is 9.88 Å². The highest BCUT2D eigenvalue weighted by Crippen LogP contribution is 2.35. The molecule has 214 valence electrons. The third kappa shape index (κ3) is 4.89. The van der Waals surface area contributed by atoms with Crippen LogP contribution in [-0.2, 0) is 25.9 Å². The number of hydrogen-bond donors (Lipinski definition) is 1. The zero-order valence-electron chi connectivity index (χ0n) is 24.3. The molecule has 43 heavy (non-hydrogen) atoms. The van der Waals surface area contributed by atoms with Crippen LogP contribution in [0, 0.1) is 6.92 Å². The first-order valence-corrected chi connectivity index (χ1v) is 14.7. The third-order valence-corrected chi connectivity index (χ3v) is 8.75. The highest BCUT2D eigenvalue weighted by Gasteiger charge is 2.29. The summed E-state index contributed by atoms with van der Waals surface area (Å²) in [5.41, 5.74) is 9.65. The van der Waals surface area contributed by atoms with Crippen LogP contribution in [-0.4, -0.2) is 29.5 Å². The molecule has 6 heteroatoms. The maximum Gasteiger partial charge on any atom is 0.268 e. The van der Waals surface area contributed by atoms with E-state index in [1.165, 1.54) is 11.1 Å². The molecule has 0 saturated carbocycles. The fourth-order valence-corrected chi connectivity index (χ4v) is 6.54. The normalized spacial score (nSPS) is 14.0. The summed E-state index contributed by atoms with van der Waals surface area (Å²) in [6.45, 7) is 2.92. The Balaban J connectivity index is 1.18. The number of ether oxygens (including phenoxy) is 1. The lowest BCUT2D eigenvalue weighted by Gasteiger charge is -2.23. The number of nitrogens with one attached hydrogen (secondary N) is 1. The number of para-hydroxylation sites is 1. The molecule has 2 heterocycles. The van der Waals surface area contributed by atoms with E-state index >= 15 is 0 Å². The molecule has 1 N–H and O–H groups in total. The fourth-order valence-electron chi connectivity index (χ4n) is 6.54. The molecule has 4 aromatic carbocycles. The summed E-state index contributed by atoms with van der Waals surface area (Å²) in [5, 5.41) is 3.26. The Morgan fingerprint density at radius 2 is 1.47 bits per heavy atom. The van der Waals surface area contributed by atoms with Crippen molar-refractivity contribution in [3.05, 3.63) is 142 Å². The average molecular weight is 568 g/mol. The Kier molecular flexibility index (Phi) is 6.82. The molecule has 2 amide bonds. The minimum atomic E-state index is -0.119. The quantitative estimate of drug-likeness (QED) is 0.261. The van der Waals surface area contributed by atoms with Crippen molar-refractivity contribution in [3.8, 4) is 16.9 Å². The summed E-state index contributed by atoms with van der Waals surface area (Å²) >= 11 is 0. The lowest BCUT2D eigenvalue weighted by atomic mass is 9.98. The molecule has 0 radical (unpaired) electrons. The summed E-state index contributed by atoms with van der Waals surface area (Å²) in [6.07, 6.45) is 1.68. The third-order valence-electron chi connectivity index (χ3n) is 8.75. The molecule has 0 fully saturated rings. The van der Waals surface area contributed by atoms with Gasteiger partial charge < -0.3 is 19.5 Å². The van der Waals surface area contributed by atoms with Gasteiger partial charge in [0.25, 0.3) is 11.8 Å². The van der Waals surface area contributed by atoms with Crippen LogP contribution in [0.4, 0.5) is 5.69 Å². The zero-order chi connectivity index (χ0) is 29.5. The van der Waals surface area contributed by atoms with E-state index in [1.807, 2.05) is 76.2 Å². The Morgan fingerprint density at radius 1 is 0.767 bits per heavy atom. The first-order valence-electron chi connectivity index (χ1n) is 14.7. The number of nitrogens with zero attached hydrogens (tertiary/aromatic N) is 2. The van der Waals surface area contributed by atoms with E-state index in [9.17, 15) is 9.59 Å². The van der Waals surface area contributed by atoms with Crippen LogP contribution in [0.2, 0.25) is 0 Å². The Labute approximate surface area is 251 Å². The second-order valence-corrected chi connectivity index (χ2v) is 11.4. The van der Waals surface area contributed by atoms with Gasteiger partial charge in [0.1, 0.15) is 11.4 Å². The van der Waals surface area contributed by atoms with Crippen LogP contribution < -0.4 is 15.0 Å². The average Bonchev–Trinajstić information content (AvgIpc) is 3.58. The van der Waals surface area contributed by atoms with Gasteiger partial charge in [-0.3, -0.25) is 9.59 Å². The van der Waals surface area contributed by atoms with Crippen molar-refractivity contribution in [2.24, 2.45) is 0 Å². The SMILES string of the molecule is COc1cc(C(=O)N2Cc3ccc(C(=O)NC4Cc5ccccc5C4)n3Cc3ccccc32)ccc1-c1ccccc1C. The zero-order valence-corrected chi connectivity index (χ0v) is 24.3. The van der Waals surface area contributed by atoms with Gasteiger partial charge in [0.05, 0.1) is 20.2 Å². The van der Waals surface area contributed by atoms with E-state index in [0.29, 0.717) is 30.1 Å². The number of anilines is 1. The number of hydrogen-bond acceptors (Lipinski definition) is 3. The largest absolute Gasteiger partial charge is 0.496 e. The molecular weight excluding hydrogens is 534 g/mol. The maximum atomic E-state index is 14.2. The second kappa shape index (κ2) is 11.0. The van der Waals surface area contributed by atoms with Crippen LogP contribution in [0.1, 0.15) is 48.8 Å². The van der Waals surface area contributed by atoms with Crippen molar-refractivity contribution in [2.75, 3.05) is 12.0 Å². The summed E-state index contributed by atoms with van der Waals surface area (Å²) in [5.74, 6) is 0.448. The smallest absolute Gasteiger partial charge is 0.268 e. The van der Waals surface area contributed by atoms with Crippen LogP contribution in [0.25, 0.3) is 11.1 Å². The van der Waals surface area contributed by atoms with Crippen LogP contribution in [0.3, 0.4) is 0 Å². The number of rotatable bonds is 5. The number of carbonyl (C=O) groups excluding carboxylic acids is 2. The number of benzene rings is 4. The van der Waals surface area contributed by atoms with Crippen LogP contribution >= 0.6 is 0 Å². The molecule has 2 aliphatic rings. The first kappa shape index (κ1) is 26.8. The molecule has 1 aromatic heterocycles. The Morgan fingerprint density at radius 3 is 2.21 bits per heavy atom. The van der Waals surface area contributed by atoms with Crippen LogP contribution in [0.5, 0.6) is 5.75 Å². The Bertz CT molecular complexity index is 1850. The Hall–Kier alpha value is -5.10. The minimum absolute atomic E-state index is 0.0739. The monoisotopic (exact) mass is 567 g/mol. The van der Waals surface area contributed by atoms with Gasteiger partial charge in [0, 0.05) is 28.6 Å². The summed E-state index contributed by atoms with van der Waals surface area (Å²) in [4.78, 5) is 29.5. The first-order chi connectivity index (χ1) is 21.0. The van der Waals surface area contributed by atoms with E-state index in [2.05, 4.69) is 48.6 Å². The highest BCUT2D eigenvalue weighted by molar-refractivity contribution is 6.07. The molecule has 0 saturated heterocycles. The van der Waals surface area contributed by atoms with E-state index in [-0.39, 0.29) is 17.9 Å². The van der Waals surface area contributed by atoms with Gasteiger partial charge in [0.15, 0.2) is 0 Å². The van der Waals surface area contributed by atoms with Crippen molar-refractivity contribution >= 4 is 17.5 Å². The summed E-state index contributed by atoms with van der Waals surface area (Å²) in [6, 6.07) is 34.0. The molecule has 7 rings (SSSR count). The van der Waals surface area contributed by atoms with Crippen molar-refractivity contribution < 1.29 is 14.3 Å². The van der Waals surface area contributed by atoms with Crippen molar-refractivity contribution in [2.45, 2.75) is 38.9 Å². The predicted molar refractivity (Wildman–Crippen MR) is 169 cm³/mol. The standard InChI is InChI=1S/C37H33N3O3/c1-24-9-3-7-13-31(24)32-17-15-27(21-35(32)43-2)37(42)40-23-30-16-18-34(39(30)22-28-12-6-8-14-33(28)40)36(41)38-29-19-25-10-4-5-11-26(25)20-29/h3-18,21,29H,19-20,22-23H2,1-2H3,(H,38,41). The van der Waals surface area contributed by atoms with Gasteiger partial charge in [-0.15, -0.1) is 0 Å². The van der Waals surface area contributed by atoms with Gasteiger partial charge in [-0.05, 0) is 84.0 Å². The topological polar surface area (TPSA) is 63.6 Å². The van der Waals surface area contributed by atoms with Gasteiger partial charge >= 0.3 is 0 Å². The van der Waals surface area contributed by atoms with E-state index in [4.69, 9.17) is 4.74 Å². The van der Waals surface area contributed by atoms with E-state index < -0.39 is 0 Å². The van der Waals surface area contributed by atoms with E-state index in [1.54, 1.807) is 7.11 Å². The molecule has 1 aliphatic heterocycles. The summed E-state index contributed by atoms with van der Waals surface area (Å²) < 4.78 is 7.82. The molecular formula is C37H33N3O3. The number of methoxy groups -OCH3 is 1.